The largest absolute Gasteiger partial charge is 0.480 e. The van der Waals surface area contributed by atoms with Gasteiger partial charge in [-0.2, -0.15) is 0 Å². The SMILES string of the molecule is CCC(CC)C(NCCN=[N+]=[N-])C(=O)O. The molecule has 0 amide bonds. The van der Waals surface area contributed by atoms with Crippen LogP contribution in [0.2, 0.25) is 0 Å². The fourth-order valence-electron chi connectivity index (χ4n) is 1.53. The summed E-state index contributed by atoms with van der Waals surface area (Å²) in [5.41, 5.74) is 8.06. The summed E-state index contributed by atoms with van der Waals surface area (Å²) in [5.74, 6) is -0.724. The number of rotatable bonds is 8. The van der Waals surface area contributed by atoms with Crippen molar-refractivity contribution < 1.29 is 9.90 Å². The fourth-order valence-corrected chi connectivity index (χ4v) is 1.53. The summed E-state index contributed by atoms with van der Waals surface area (Å²) >= 11 is 0. The third-order valence-electron chi connectivity index (χ3n) is 2.43. The van der Waals surface area contributed by atoms with Crippen LogP contribution in [-0.2, 0) is 4.79 Å². The third-order valence-corrected chi connectivity index (χ3v) is 2.43. The van der Waals surface area contributed by atoms with E-state index in [9.17, 15) is 4.79 Å². The number of nitrogens with zero attached hydrogens (tertiary/aromatic N) is 3. The van der Waals surface area contributed by atoms with Crippen molar-refractivity contribution in [2.75, 3.05) is 13.1 Å². The number of carboxylic acid groups (broad SMARTS) is 1. The molecule has 0 aliphatic carbocycles. The van der Waals surface area contributed by atoms with Crippen LogP contribution >= 0.6 is 0 Å². The third kappa shape index (κ3) is 5.24. The van der Waals surface area contributed by atoms with Gasteiger partial charge in [0.2, 0.25) is 0 Å². The van der Waals surface area contributed by atoms with E-state index in [0.717, 1.165) is 12.8 Å². The Kier molecular flexibility index (Phi) is 7.40. The zero-order chi connectivity index (χ0) is 11.7. The van der Waals surface area contributed by atoms with E-state index in [1.807, 2.05) is 13.8 Å². The van der Waals surface area contributed by atoms with Crippen molar-refractivity contribution in [1.82, 2.24) is 5.32 Å². The summed E-state index contributed by atoms with van der Waals surface area (Å²) in [7, 11) is 0. The lowest BCUT2D eigenvalue weighted by Gasteiger charge is -2.22. The van der Waals surface area contributed by atoms with Crippen LogP contribution in [0, 0.1) is 5.92 Å². The van der Waals surface area contributed by atoms with Crippen LogP contribution in [0.25, 0.3) is 10.4 Å². The quantitative estimate of drug-likeness (QED) is 0.279. The van der Waals surface area contributed by atoms with Crippen LogP contribution in [0.3, 0.4) is 0 Å². The molecule has 0 spiro atoms. The van der Waals surface area contributed by atoms with Gasteiger partial charge in [-0.25, -0.2) is 0 Å². The van der Waals surface area contributed by atoms with Crippen LogP contribution in [0.5, 0.6) is 0 Å². The highest BCUT2D eigenvalue weighted by molar-refractivity contribution is 5.73. The predicted octanol–water partition coefficient (Wildman–Crippen LogP) is 1.78. The summed E-state index contributed by atoms with van der Waals surface area (Å²) < 4.78 is 0. The Morgan fingerprint density at radius 1 is 1.53 bits per heavy atom. The fraction of sp³-hybridized carbons (Fsp3) is 0.889. The maximum absolute atomic E-state index is 11.0. The first-order valence-corrected chi connectivity index (χ1v) is 5.14. The van der Waals surface area contributed by atoms with E-state index in [4.69, 9.17) is 10.6 Å². The average molecular weight is 214 g/mol. The molecule has 6 heteroatoms. The zero-order valence-electron chi connectivity index (χ0n) is 9.18. The van der Waals surface area contributed by atoms with Crippen molar-refractivity contribution >= 4 is 5.97 Å². The predicted molar refractivity (Wildman–Crippen MR) is 57.5 cm³/mol. The van der Waals surface area contributed by atoms with Gasteiger partial charge in [0.05, 0.1) is 0 Å². The van der Waals surface area contributed by atoms with E-state index in [1.165, 1.54) is 0 Å². The molecular weight excluding hydrogens is 196 g/mol. The number of hydrogen-bond acceptors (Lipinski definition) is 3. The van der Waals surface area contributed by atoms with Gasteiger partial charge >= 0.3 is 5.97 Å². The molecule has 1 atom stereocenters. The minimum Gasteiger partial charge on any atom is -0.480 e. The van der Waals surface area contributed by atoms with Crippen LogP contribution in [0.15, 0.2) is 5.11 Å². The summed E-state index contributed by atoms with van der Waals surface area (Å²) in [5, 5.41) is 15.2. The molecule has 0 fully saturated rings. The normalized spacial score (nSPS) is 12.2. The molecule has 0 aromatic rings. The lowest BCUT2D eigenvalue weighted by Crippen LogP contribution is -2.43. The first kappa shape index (κ1) is 13.7. The van der Waals surface area contributed by atoms with Gasteiger partial charge in [-0.15, -0.1) is 0 Å². The van der Waals surface area contributed by atoms with Gasteiger partial charge in [0.15, 0.2) is 0 Å². The lowest BCUT2D eigenvalue weighted by molar-refractivity contribution is -0.141. The highest BCUT2D eigenvalue weighted by Gasteiger charge is 2.24. The number of hydrogen-bond donors (Lipinski definition) is 2. The first-order valence-electron chi connectivity index (χ1n) is 5.14. The van der Waals surface area contributed by atoms with E-state index >= 15 is 0 Å². The Hall–Kier alpha value is -1.26. The summed E-state index contributed by atoms with van der Waals surface area (Å²) in [6.07, 6.45) is 1.64. The van der Waals surface area contributed by atoms with E-state index in [-0.39, 0.29) is 12.5 Å². The standard InChI is InChI=1S/C9H18N4O2/c1-3-7(4-2)8(9(14)15)11-5-6-12-13-10/h7-8,11H,3-6H2,1-2H3,(H,14,15). The van der Waals surface area contributed by atoms with E-state index < -0.39 is 12.0 Å². The van der Waals surface area contributed by atoms with Gasteiger partial charge in [-0.3, -0.25) is 4.79 Å². The smallest absolute Gasteiger partial charge is 0.320 e. The lowest BCUT2D eigenvalue weighted by atomic mass is 9.94. The Morgan fingerprint density at radius 2 is 2.13 bits per heavy atom. The van der Waals surface area contributed by atoms with Gasteiger partial charge in [0, 0.05) is 18.0 Å². The molecule has 0 aliphatic heterocycles. The minimum absolute atomic E-state index is 0.119. The van der Waals surface area contributed by atoms with Crippen molar-refractivity contribution in [3.63, 3.8) is 0 Å². The first-order chi connectivity index (χ1) is 7.17. The van der Waals surface area contributed by atoms with Crippen LogP contribution in [0.1, 0.15) is 26.7 Å². The van der Waals surface area contributed by atoms with Crippen LogP contribution in [-0.4, -0.2) is 30.2 Å². The Labute approximate surface area is 89.3 Å². The highest BCUT2D eigenvalue weighted by atomic mass is 16.4. The summed E-state index contributed by atoms with van der Waals surface area (Å²) in [4.78, 5) is 13.6. The van der Waals surface area contributed by atoms with E-state index in [0.29, 0.717) is 6.54 Å². The molecular formula is C9H18N4O2. The van der Waals surface area contributed by atoms with E-state index in [1.54, 1.807) is 0 Å². The second-order valence-corrected chi connectivity index (χ2v) is 3.30. The molecule has 86 valence electrons. The second kappa shape index (κ2) is 8.08. The average Bonchev–Trinajstić information content (AvgIpc) is 2.22. The molecule has 0 heterocycles. The Morgan fingerprint density at radius 3 is 2.53 bits per heavy atom. The van der Waals surface area contributed by atoms with Gasteiger partial charge in [-0.05, 0) is 11.4 Å². The molecule has 0 bridgehead atoms. The van der Waals surface area contributed by atoms with Gasteiger partial charge in [0.1, 0.15) is 6.04 Å². The zero-order valence-corrected chi connectivity index (χ0v) is 9.18. The van der Waals surface area contributed by atoms with Gasteiger partial charge < -0.3 is 10.4 Å². The molecule has 0 aromatic heterocycles. The Bertz CT molecular complexity index is 234. The summed E-state index contributed by atoms with van der Waals surface area (Å²) in [6.45, 7) is 4.62. The second-order valence-electron chi connectivity index (χ2n) is 3.30. The minimum atomic E-state index is -0.843. The molecule has 2 N–H and O–H groups in total. The van der Waals surface area contributed by atoms with Crippen LogP contribution < -0.4 is 5.32 Å². The summed E-state index contributed by atoms with van der Waals surface area (Å²) in [6, 6.07) is -0.547. The number of aliphatic carboxylic acids is 1. The number of nitrogens with one attached hydrogen (secondary N) is 1. The molecule has 0 saturated carbocycles. The molecule has 0 saturated heterocycles. The van der Waals surface area contributed by atoms with Crippen LogP contribution in [0.4, 0.5) is 0 Å². The maximum atomic E-state index is 11.0. The molecule has 0 rings (SSSR count). The molecule has 0 aliphatic rings. The van der Waals surface area contributed by atoms with Crippen molar-refractivity contribution in [3.05, 3.63) is 10.4 Å². The number of carboxylic acids is 1. The molecule has 6 nitrogen and oxygen atoms in total. The molecule has 1 unspecified atom stereocenters. The van der Waals surface area contributed by atoms with E-state index in [2.05, 4.69) is 15.3 Å². The highest BCUT2D eigenvalue weighted by Crippen LogP contribution is 2.13. The molecule has 15 heavy (non-hydrogen) atoms. The van der Waals surface area contributed by atoms with Gasteiger partial charge in [0.25, 0.3) is 0 Å². The number of azide groups is 1. The van der Waals surface area contributed by atoms with Crippen molar-refractivity contribution in [1.29, 1.82) is 0 Å². The van der Waals surface area contributed by atoms with Crippen molar-refractivity contribution in [2.24, 2.45) is 11.0 Å². The maximum Gasteiger partial charge on any atom is 0.320 e. The van der Waals surface area contributed by atoms with Crippen molar-refractivity contribution in [3.8, 4) is 0 Å². The monoisotopic (exact) mass is 214 g/mol. The van der Waals surface area contributed by atoms with Gasteiger partial charge in [-0.1, -0.05) is 31.8 Å². The molecule has 0 radical (unpaired) electrons. The topological polar surface area (TPSA) is 98.1 Å². The molecule has 0 aromatic carbocycles. The Balaban J connectivity index is 4.14. The van der Waals surface area contributed by atoms with Crippen molar-refractivity contribution in [2.45, 2.75) is 32.7 Å². The number of carbonyl (C=O) groups is 1.